The summed E-state index contributed by atoms with van der Waals surface area (Å²) in [6, 6.07) is 1.01. The van der Waals surface area contributed by atoms with Crippen LogP contribution in [0.15, 0.2) is 5.11 Å². The smallest absolute Gasteiger partial charge is 0.0628 e. The van der Waals surface area contributed by atoms with Crippen molar-refractivity contribution in [3.8, 4) is 0 Å². The standard InChI is InChI=1S/C10H18N4/c1-8-3-2-4-10(5-8)14-6-9(7-14)12-13-11/h8-10H,2-7H2,1H3/t8-,10+/m0/s1. The van der Waals surface area contributed by atoms with Crippen molar-refractivity contribution in [2.45, 2.75) is 44.7 Å². The number of azide groups is 1. The van der Waals surface area contributed by atoms with Gasteiger partial charge in [0.1, 0.15) is 0 Å². The lowest BCUT2D eigenvalue weighted by molar-refractivity contribution is 0.0595. The molecule has 1 saturated carbocycles. The Bertz CT molecular complexity index is 241. The normalized spacial score (nSPS) is 34.6. The maximum Gasteiger partial charge on any atom is 0.0628 e. The van der Waals surface area contributed by atoms with Crippen molar-refractivity contribution in [3.63, 3.8) is 0 Å². The van der Waals surface area contributed by atoms with Crippen LogP contribution in [0.1, 0.15) is 32.6 Å². The van der Waals surface area contributed by atoms with E-state index in [0.29, 0.717) is 0 Å². The molecule has 2 rings (SSSR count). The largest absolute Gasteiger partial charge is 0.299 e. The Balaban J connectivity index is 1.78. The van der Waals surface area contributed by atoms with Gasteiger partial charge in [0.25, 0.3) is 0 Å². The molecule has 1 heterocycles. The van der Waals surface area contributed by atoms with Crippen LogP contribution in [0.4, 0.5) is 0 Å². The first kappa shape index (κ1) is 9.81. The van der Waals surface area contributed by atoms with E-state index in [9.17, 15) is 0 Å². The van der Waals surface area contributed by atoms with Gasteiger partial charge in [0, 0.05) is 24.0 Å². The molecule has 1 aliphatic heterocycles. The van der Waals surface area contributed by atoms with E-state index in [0.717, 1.165) is 25.0 Å². The Kier molecular flexibility index (Phi) is 2.94. The molecule has 4 heteroatoms. The molecule has 0 N–H and O–H groups in total. The average Bonchev–Trinajstić information content (AvgIpc) is 2.10. The zero-order valence-corrected chi connectivity index (χ0v) is 8.76. The first-order valence-electron chi connectivity index (χ1n) is 5.58. The highest BCUT2D eigenvalue weighted by molar-refractivity contribution is 4.91. The van der Waals surface area contributed by atoms with E-state index in [4.69, 9.17) is 5.53 Å². The van der Waals surface area contributed by atoms with Crippen LogP contribution in [0.5, 0.6) is 0 Å². The van der Waals surface area contributed by atoms with Crippen LogP contribution < -0.4 is 0 Å². The van der Waals surface area contributed by atoms with Crippen molar-refractivity contribution in [2.75, 3.05) is 13.1 Å². The van der Waals surface area contributed by atoms with Crippen LogP contribution >= 0.6 is 0 Å². The number of likely N-dealkylation sites (tertiary alicyclic amines) is 1. The predicted molar refractivity (Wildman–Crippen MR) is 55.9 cm³/mol. The Hall–Kier alpha value is -0.730. The molecule has 14 heavy (non-hydrogen) atoms. The molecule has 0 radical (unpaired) electrons. The van der Waals surface area contributed by atoms with E-state index in [-0.39, 0.29) is 6.04 Å². The molecule has 0 unspecified atom stereocenters. The molecule has 1 saturated heterocycles. The number of hydrogen-bond acceptors (Lipinski definition) is 2. The van der Waals surface area contributed by atoms with E-state index in [1.807, 2.05) is 0 Å². The molecule has 0 aromatic heterocycles. The highest BCUT2D eigenvalue weighted by Gasteiger charge is 2.33. The van der Waals surface area contributed by atoms with E-state index in [1.165, 1.54) is 25.7 Å². The van der Waals surface area contributed by atoms with Gasteiger partial charge in [-0.15, -0.1) is 0 Å². The maximum absolute atomic E-state index is 8.28. The van der Waals surface area contributed by atoms with Gasteiger partial charge < -0.3 is 0 Å². The highest BCUT2D eigenvalue weighted by Crippen LogP contribution is 2.30. The summed E-state index contributed by atoms with van der Waals surface area (Å²) in [7, 11) is 0. The van der Waals surface area contributed by atoms with Gasteiger partial charge in [-0.2, -0.15) is 0 Å². The molecule has 4 nitrogen and oxygen atoms in total. The lowest BCUT2D eigenvalue weighted by Crippen LogP contribution is -2.55. The van der Waals surface area contributed by atoms with Crippen LogP contribution in [-0.4, -0.2) is 30.1 Å². The Morgan fingerprint density at radius 2 is 2.14 bits per heavy atom. The second kappa shape index (κ2) is 4.20. The fraction of sp³-hybridized carbons (Fsp3) is 1.00. The van der Waals surface area contributed by atoms with E-state index in [2.05, 4.69) is 21.8 Å². The van der Waals surface area contributed by atoms with Crippen LogP contribution in [0, 0.1) is 5.92 Å². The molecule has 2 aliphatic rings. The zero-order valence-electron chi connectivity index (χ0n) is 8.76. The summed E-state index contributed by atoms with van der Waals surface area (Å²) < 4.78 is 0. The van der Waals surface area contributed by atoms with Crippen LogP contribution in [0.2, 0.25) is 0 Å². The molecule has 0 aromatic rings. The van der Waals surface area contributed by atoms with Gasteiger partial charge in [-0.3, -0.25) is 4.90 Å². The summed E-state index contributed by atoms with van der Waals surface area (Å²) >= 11 is 0. The third-order valence-corrected chi connectivity index (χ3v) is 3.53. The molecule has 78 valence electrons. The van der Waals surface area contributed by atoms with Gasteiger partial charge in [-0.05, 0) is 24.3 Å². The third kappa shape index (κ3) is 2.02. The SMILES string of the molecule is C[C@H]1CCC[C@@H](N2CC(N=[N+]=[N-])C2)C1. The van der Waals surface area contributed by atoms with Gasteiger partial charge in [0.2, 0.25) is 0 Å². The number of rotatable bonds is 2. The molecule has 2 atom stereocenters. The first-order valence-corrected chi connectivity index (χ1v) is 5.58. The molecule has 0 spiro atoms. The molecule has 2 fully saturated rings. The predicted octanol–water partition coefficient (Wildman–Crippen LogP) is 2.56. The van der Waals surface area contributed by atoms with Gasteiger partial charge in [-0.1, -0.05) is 24.9 Å². The van der Waals surface area contributed by atoms with Crippen molar-refractivity contribution in [3.05, 3.63) is 10.4 Å². The average molecular weight is 194 g/mol. The van der Waals surface area contributed by atoms with Crippen molar-refractivity contribution >= 4 is 0 Å². The fourth-order valence-electron chi connectivity index (χ4n) is 2.67. The third-order valence-electron chi connectivity index (χ3n) is 3.53. The topological polar surface area (TPSA) is 52.0 Å². The monoisotopic (exact) mass is 194 g/mol. The lowest BCUT2D eigenvalue weighted by Gasteiger charge is -2.45. The van der Waals surface area contributed by atoms with E-state index in [1.54, 1.807) is 0 Å². The van der Waals surface area contributed by atoms with Crippen molar-refractivity contribution in [2.24, 2.45) is 11.0 Å². The highest BCUT2D eigenvalue weighted by atomic mass is 15.3. The van der Waals surface area contributed by atoms with Crippen molar-refractivity contribution < 1.29 is 0 Å². The number of hydrogen-bond donors (Lipinski definition) is 0. The summed E-state index contributed by atoms with van der Waals surface area (Å²) in [6.45, 7) is 4.32. The summed E-state index contributed by atoms with van der Waals surface area (Å²) in [6.07, 6.45) is 5.44. The molecule has 0 bridgehead atoms. The zero-order chi connectivity index (χ0) is 9.97. The number of nitrogens with zero attached hydrogens (tertiary/aromatic N) is 4. The molecule has 1 aliphatic carbocycles. The van der Waals surface area contributed by atoms with Crippen molar-refractivity contribution in [1.29, 1.82) is 0 Å². The lowest BCUT2D eigenvalue weighted by atomic mass is 9.85. The Labute approximate surface area is 84.9 Å². The minimum absolute atomic E-state index is 0.247. The van der Waals surface area contributed by atoms with Gasteiger partial charge in [0.05, 0.1) is 6.04 Å². The molecular formula is C10H18N4. The summed E-state index contributed by atoms with van der Waals surface area (Å²) in [5, 5.41) is 3.73. The molecular weight excluding hydrogens is 176 g/mol. The van der Waals surface area contributed by atoms with Gasteiger partial charge >= 0.3 is 0 Å². The van der Waals surface area contributed by atoms with Crippen LogP contribution in [0.3, 0.4) is 0 Å². The van der Waals surface area contributed by atoms with Crippen LogP contribution in [0.25, 0.3) is 10.4 Å². The summed E-state index contributed by atoms with van der Waals surface area (Å²) in [5.41, 5.74) is 8.28. The summed E-state index contributed by atoms with van der Waals surface area (Å²) in [4.78, 5) is 5.33. The Morgan fingerprint density at radius 3 is 2.79 bits per heavy atom. The maximum atomic E-state index is 8.28. The van der Waals surface area contributed by atoms with E-state index < -0.39 is 0 Å². The molecule has 0 amide bonds. The first-order chi connectivity index (χ1) is 6.79. The fourth-order valence-corrected chi connectivity index (χ4v) is 2.67. The van der Waals surface area contributed by atoms with Crippen molar-refractivity contribution in [1.82, 2.24) is 4.90 Å². The van der Waals surface area contributed by atoms with Crippen LogP contribution in [-0.2, 0) is 0 Å². The second-order valence-electron chi connectivity index (χ2n) is 4.74. The minimum Gasteiger partial charge on any atom is -0.299 e. The Morgan fingerprint density at radius 1 is 1.36 bits per heavy atom. The minimum atomic E-state index is 0.247. The quantitative estimate of drug-likeness (QED) is 0.378. The van der Waals surface area contributed by atoms with Gasteiger partial charge in [0.15, 0.2) is 0 Å². The van der Waals surface area contributed by atoms with Gasteiger partial charge in [-0.25, -0.2) is 0 Å². The second-order valence-corrected chi connectivity index (χ2v) is 4.74. The van der Waals surface area contributed by atoms with E-state index >= 15 is 0 Å². The summed E-state index contributed by atoms with van der Waals surface area (Å²) in [5.74, 6) is 0.882. The molecule has 0 aromatic carbocycles.